The quantitative estimate of drug-likeness (QED) is 0.714. The molecule has 4 N–H and O–H groups in total. The summed E-state index contributed by atoms with van der Waals surface area (Å²) in [6.07, 6.45) is 3.54. The molecule has 2 rings (SSSR count). The molecule has 2 heterocycles. The lowest BCUT2D eigenvalue weighted by molar-refractivity contribution is 0.240. The maximum absolute atomic E-state index is 12.1. The number of H-pyrrole nitrogens is 1. The van der Waals surface area contributed by atoms with Gasteiger partial charge in [-0.25, -0.2) is 4.79 Å². The highest BCUT2D eigenvalue weighted by Crippen LogP contribution is 2.25. The molecule has 1 aliphatic rings. The van der Waals surface area contributed by atoms with Gasteiger partial charge in [0.05, 0.1) is 12.6 Å². The minimum Gasteiger partial charge on any atom is -0.394 e. The van der Waals surface area contributed by atoms with Gasteiger partial charge in [-0.3, -0.25) is 14.3 Å². The summed E-state index contributed by atoms with van der Waals surface area (Å²) in [4.78, 5) is 28.1. The van der Waals surface area contributed by atoms with Crippen LogP contribution in [0.2, 0.25) is 0 Å². The van der Waals surface area contributed by atoms with Gasteiger partial charge < -0.3 is 15.7 Å². The Morgan fingerprint density at radius 2 is 2.15 bits per heavy atom. The number of nitrogen functional groups attached to an aromatic ring is 1. The van der Waals surface area contributed by atoms with E-state index >= 15 is 0 Å². The molecule has 7 heteroatoms. The van der Waals surface area contributed by atoms with Crippen LogP contribution in [-0.2, 0) is 6.54 Å². The van der Waals surface area contributed by atoms with E-state index < -0.39 is 11.2 Å². The molecule has 112 valence electrons. The molecule has 1 aromatic heterocycles. The van der Waals surface area contributed by atoms with Crippen molar-refractivity contribution in [1.82, 2.24) is 9.55 Å². The van der Waals surface area contributed by atoms with Crippen molar-refractivity contribution >= 4 is 11.5 Å². The van der Waals surface area contributed by atoms with E-state index in [1.807, 2.05) is 11.8 Å². The van der Waals surface area contributed by atoms with Crippen LogP contribution in [0.25, 0.3) is 0 Å². The largest absolute Gasteiger partial charge is 0.394 e. The first-order valence-electron chi connectivity index (χ1n) is 7.10. The minimum absolute atomic E-state index is 0.0220. The lowest BCUT2D eigenvalue weighted by Gasteiger charge is -2.36. The Morgan fingerprint density at radius 1 is 1.40 bits per heavy atom. The van der Waals surface area contributed by atoms with Crippen LogP contribution in [0, 0.1) is 0 Å². The third-order valence-corrected chi connectivity index (χ3v) is 3.79. The summed E-state index contributed by atoms with van der Waals surface area (Å²) in [6, 6.07) is -0.111. The van der Waals surface area contributed by atoms with E-state index in [1.165, 1.54) is 4.57 Å². The number of hydrogen-bond donors (Lipinski definition) is 3. The molecular weight excluding hydrogens is 260 g/mol. The second-order valence-corrected chi connectivity index (χ2v) is 5.17. The average Bonchev–Trinajstić information content (AvgIpc) is 2.44. The van der Waals surface area contributed by atoms with E-state index in [2.05, 4.69) is 4.98 Å². The maximum atomic E-state index is 12.1. The number of nitrogens with two attached hydrogens (primary N) is 1. The third-order valence-electron chi connectivity index (χ3n) is 3.79. The number of nitrogens with zero attached hydrogens (tertiary/aromatic N) is 2. The zero-order valence-corrected chi connectivity index (χ0v) is 11.8. The fourth-order valence-electron chi connectivity index (χ4n) is 2.79. The Labute approximate surface area is 117 Å². The van der Waals surface area contributed by atoms with Gasteiger partial charge in [0.15, 0.2) is 0 Å². The van der Waals surface area contributed by atoms with Gasteiger partial charge in [-0.05, 0) is 25.7 Å². The molecule has 1 atom stereocenters. The highest BCUT2D eigenvalue weighted by atomic mass is 16.3. The van der Waals surface area contributed by atoms with E-state index in [4.69, 9.17) is 5.73 Å². The molecule has 0 aliphatic carbocycles. The van der Waals surface area contributed by atoms with Gasteiger partial charge in [0.1, 0.15) is 11.5 Å². The average molecular weight is 282 g/mol. The molecule has 1 saturated heterocycles. The van der Waals surface area contributed by atoms with Crippen molar-refractivity contribution in [2.75, 3.05) is 23.8 Å². The van der Waals surface area contributed by atoms with Crippen molar-refractivity contribution < 1.29 is 5.11 Å². The fourth-order valence-corrected chi connectivity index (χ4v) is 2.79. The normalized spacial score (nSPS) is 19.3. The number of piperidine rings is 1. The number of rotatable bonds is 4. The number of aliphatic hydroxyl groups is 1. The molecule has 1 unspecified atom stereocenters. The molecule has 0 bridgehead atoms. The van der Waals surface area contributed by atoms with E-state index in [-0.39, 0.29) is 18.5 Å². The molecule has 0 amide bonds. The Kier molecular flexibility index (Phi) is 4.49. The predicted octanol–water partition coefficient (Wildman–Crippen LogP) is -0.120. The first-order valence-corrected chi connectivity index (χ1v) is 7.10. The fraction of sp³-hybridized carbons (Fsp3) is 0.692. The van der Waals surface area contributed by atoms with Crippen LogP contribution in [0.3, 0.4) is 0 Å². The number of hydrogen-bond acceptors (Lipinski definition) is 5. The lowest BCUT2D eigenvalue weighted by atomic mass is 10.0. The highest BCUT2D eigenvalue weighted by Gasteiger charge is 2.27. The molecule has 0 aromatic carbocycles. The molecule has 1 aliphatic heterocycles. The van der Waals surface area contributed by atoms with E-state index in [1.54, 1.807) is 0 Å². The maximum Gasteiger partial charge on any atom is 0.330 e. The van der Waals surface area contributed by atoms with Crippen molar-refractivity contribution in [3.8, 4) is 0 Å². The van der Waals surface area contributed by atoms with Gasteiger partial charge in [-0.2, -0.15) is 0 Å². The second-order valence-electron chi connectivity index (χ2n) is 5.17. The summed E-state index contributed by atoms with van der Waals surface area (Å²) in [5.74, 6) is 0.195. The Hall–Kier alpha value is -1.76. The smallest absolute Gasteiger partial charge is 0.330 e. The molecule has 0 saturated carbocycles. The zero-order valence-electron chi connectivity index (χ0n) is 11.8. The number of aromatic amines is 1. The first kappa shape index (κ1) is 14.6. The summed E-state index contributed by atoms with van der Waals surface area (Å²) in [5, 5.41) is 9.47. The summed E-state index contributed by atoms with van der Waals surface area (Å²) in [7, 11) is 0. The number of aliphatic hydroxyl groups excluding tert-OH is 1. The van der Waals surface area contributed by atoms with Crippen molar-refractivity contribution in [2.45, 2.75) is 45.2 Å². The van der Waals surface area contributed by atoms with Crippen LogP contribution < -0.4 is 21.9 Å². The van der Waals surface area contributed by atoms with Gasteiger partial charge in [0.2, 0.25) is 0 Å². The van der Waals surface area contributed by atoms with E-state index in [9.17, 15) is 14.7 Å². The first-order chi connectivity index (χ1) is 9.60. The van der Waals surface area contributed by atoms with Crippen molar-refractivity contribution in [2.24, 2.45) is 0 Å². The van der Waals surface area contributed by atoms with Crippen LogP contribution in [0.15, 0.2) is 9.59 Å². The topological polar surface area (TPSA) is 104 Å². The van der Waals surface area contributed by atoms with Crippen LogP contribution in [-0.4, -0.2) is 33.9 Å². The van der Waals surface area contributed by atoms with Crippen molar-refractivity contribution in [3.63, 3.8) is 0 Å². The molecule has 0 spiro atoms. The van der Waals surface area contributed by atoms with Crippen LogP contribution in [0.1, 0.15) is 32.6 Å². The molecule has 7 nitrogen and oxygen atoms in total. The SMILES string of the molecule is CCCn1c(N)c(N2CCCCC2CO)c(=O)[nH]c1=O. The summed E-state index contributed by atoms with van der Waals surface area (Å²) in [5.41, 5.74) is 5.41. The molecule has 20 heavy (non-hydrogen) atoms. The summed E-state index contributed by atoms with van der Waals surface area (Å²) >= 11 is 0. The number of nitrogens with one attached hydrogen (secondary N) is 1. The summed E-state index contributed by atoms with van der Waals surface area (Å²) < 4.78 is 1.39. The lowest BCUT2D eigenvalue weighted by Crippen LogP contribution is -2.47. The molecular formula is C13H22N4O3. The molecule has 1 fully saturated rings. The van der Waals surface area contributed by atoms with Crippen molar-refractivity contribution in [3.05, 3.63) is 20.8 Å². The second kappa shape index (κ2) is 6.13. The Bertz CT molecular complexity index is 578. The third kappa shape index (κ3) is 2.58. The monoisotopic (exact) mass is 282 g/mol. The Morgan fingerprint density at radius 3 is 2.80 bits per heavy atom. The van der Waals surface area contributed by atoms with Crippen LogP contribution >= 0.6 is 0 Å². The zero-order chi connectivity index (χ0) is 14.7. The van der Waals surface area contributed by atoms with Gasteiger partial charge >= 0.3 is 5.69 Å². The standard InChI is InChI=1S/C13H22N4O3/c1-2-6-17-11(14)10(12(19)15-13(17)20)16-7-4-3-5-9(16)8-18/h9,18H,2-8,14H2,1H3,(H,15,19,20). The van der Waals surface area contributed by atoms with Gasteiger partial charge in [-0.1, -0.05) is 6.92 Å². The van der Waals surface area contributed by atoms with Gasteiger partial charge in [0.25, 0.3) is 5.56 Å². The predicted molar refractivity (Wildman–Crippen MR) is 78.1 cm³/mol. The van der Waals surface area contributed by atoms with Gasteiger partial charge in [0, 0.05) is 13.1 Å². The highest BCUT2D eigenvalue weighted by molar-refractivity contribution is 5.63. The van der Waals surface area contributed by atoms with E-state index in [0.29, 0.717) is 18.8 Å². The minimum atomic E-state index is -0.476. The van der Waals surface area contributed by atoms with E-state index in [0.717, 1.165) is 25.7 Å². The van der Waals surface area contributed by atoms with Crippen LogP contribution in [0.4, 0.5) is 11.5 Å². The number of aromatic nitrogens is 2. The van der Waals surface area contributed by atoms with Crippen LogP contribution in [0.5, 0.6) is 0 Å². The molecule has 1 aromatic rings. The van der Waals surface area contributed by atoms with Gasteiger partial charge in [-0.15, -0.1) is 0 Å². The summed E-state index contributed by atoms with van der Waals surface area (Å²) in [6.45, 7) is 3.05. The van der Waals surface area contributed by atoms with Crippen molar-refractivity contribution in [1.29, 1.82) is 0 Å². The number of anilines is 2. The molecule has 0 radical (unpaired) electrons. The Balaban J connectivity index is 2.52.